The van der Waals surface area contributed by atoms with Gasteiger partial charge in [-0.15, -0.1) is 0 Å². The van der Waals surface area contributed by atoms with Gasteiger partial charge in [-0.05, 0) is 36.8 Å². The molecule has 2 aliphatic carbocycles. The number of carboxylic acid groups (broad SMARTS) is 1. The van der Waals surface area contributed by atoms with Crippen molar-refractivity contribution in [1.29, 1.82) is 0 Å². The van der Waals surface area contributed by atoms with Gasteiger partial charge in [-0.3, -0.25) is 4.79 Å². The molecule has 2 N–H and O–H groups in total. The molecular weight excluding hydrogens is 306 g/mol. The normalized spacial score (nSPS) is 30.4. The Morgan fingerprint density at radius 2 is 1.92 bits per heavy atom. The minimum Gasteiger partial charge on any atom is -0.480 e. The third-order valence-electron chi connectivity index (χ3n) is 6.13. The summed E-state index contributed by atoms with van der Waals surface area (Å²) in [5.41, 5.74) is 1.42. The third-order valence-corrected chi connectivity index (χ3v) is 6.13. The number of ether oxygens (including phenoxy) is 1. The zero-order valence-electron chi connectivity index (χ0n) is 13.7. The summed E-state index contributed by atoms with van der Waals surface area (Å²) < 4.78 is 5.27. The predicted molar refractivity (Wildman–Crippen MR) is 87.7 cm³/mol. The minimum atomic E-state index is -1.16. The van der Waals surface area contributed by atoms with E-state index in [1.165, 1.54) is 11.1 Å². The van der Waals surface area contributed by atoms with E-state index in [2.05, 4.69) is 23.5 Å². The molecule has 1 heterocycles. The first-order valence-corrected chi connectivity index (χ1v) is 8.79. The van der Waals surface area contributed by atoms with Crippen molar-refractivity contribution in [2.45, 2.75) is 49.5 Å². The SMILES string of the molecule is O=C(NC1(C(=O)O)CCOCC1)C1CC12CCCc1ccccc12. The molecular formula is C19H23NO4. The number of carboxylic acids is 1. The van der Waals surface area contributed by atoms with Crippen LogP contribution >= 0.6 is 0 Å². The van der Waals surface area contributed by atoms with Crippen LogP contribution in [0, 0.1) is 5.92 Å². The van der Waals surface area contributed by atoms with Crippen molar-refractivity contribution in [3.05, 3.63) is 35.4 Å². The lowest BCUT2D eigenvalue weighted by atomic mass is 9.78. The zero-order valence-corrected chi connectivity index (χ0v) is 13.7. The van der Waals surface area contributed by atoms with E-state index in [1.807, 2.05) is 6.07 Å². The number of nitrogens with one attached hydrogen (secondary N) is 1. The van der Waals surface area contributed by atoms with Crippen LogP contribution in [0.1, 0.15) is 43.2 Å². The van der Waals surface area contributed by atoms with Crippen molar-refractivity contribution in [2.24, 2.45) is 5.92 Å². The summed E-state index contributed by atoms with van der Waals surface area (Å²) in [6.07, 6.45) is 4.70. The molecule has 4 rings (SSSR count). The quantitative estimate of drug-likeness (QED) is 0.890. The van der Waals surface area contributed by atoms with E-state index in [1.54, 1.807) is 0 Å². The average Bonchev–Trinajstić information content (AvgIpc) is 3.31. The number of carbonyl (C=O) groups is 2. The molecule has 0 radical (unpaired) electrons. The Labute approximate surface area is 141 Å². The molecule has 3 aliphatic rings. The highest BCUT2D eigenvalue weighted by atomic mass is 16.5. The Hall–Kier alpha value is -1.88. The predicted octanol–water partition coefficient (Wildman–Crippen LogP) is 2.03. The first kappa shape index (κ1) is 15.6. The molecule has 1 saturated carbocycles. The van der Waals surface area contributed by atoms with E-state index in [4.69, 9.17) is 4.74 Å². The van der Waals surface area contributed by atoms with Crippen LogP contribution in [0.5, 0.6) is 0 Å². The van der Waals surface area contributed by atoms with E-state index in [-0.39, 0.29) is 17.2 Å². The van der Waals surface area contributed by atoms with Crippen LogP contribution in [0.3, 0.4) is 0 Å². The van der Waals surface area contributed by atoms with Crippen LogP contribution < -0.4 is 5.32 Å². The second kappa shape index (κ2) is 5.59. The summed E-state index contributed by atoms with van der Waals surface area (Å²) in [4.78, 5) is 24.6. The molecule has 5 heteroatoms. The van der Waals surface area contributed by atoms with Gasteiger partial charge >= 0.3 is 5.97 Å². The van der Waals surface area contributed by atoms with Gasteiger partial charge in [0.05, 0.1) is 0 Å². The van der Waals surface area contributed by atoms with Crippen LogP contribution in [0.4, 0.5) is 0 Å². The van der Waals surface area contributed by atoms with Crippen molar-refractivity contribution in [1.82, 2.24) is 5.32 Å². The molecule has 1 saturated heterocycles. The van der Waals surface area contributed by atoms with E-state index < -0.39 is 11.5 Å². The van der Waals surface area contributed by atoms with Crippen LogP contribution in [-0.4, -0.2) is 35.7 Å². The topological polar surface area (TPSA) is 75.6 Å². The van der Waals surface area contributed by atoms with Crippen LogP contribution in [0.15, 0.2) is 24.3 Å². The smallest absolute Gasteiger partial charge is 0.329 e. The molecule has 24 heavy (non-hydrogen) atoms. The number of carbonyl (C=O) groups excluding carboxylic acids is 1. The van der Waals surface area contributed by atoms with Crippen molar-refractivity contribution in [2.75, 3.05) is 13.2 Å². The molecule has 1 spiro atoms. The Kier molecular flexibility index (Phi) is 3.64. The highest BCUT2D eigenvalue weighted by molar-refractivity contribution is 5.91. The molecule has 1 aromatic rings. The molecule has 1 aliphatic heterocycles. The molecule has 1 amide bonds. The lowest BCUT2D eigenvalue weighted by Gasteiger charge is -2.34. The summed E-state index contributed by atoms with van der Waals surface area (Å²) in [5.74, 6) is -1.15. The van der Waals surface area contributed by atoms with Gasteiger partial charge in [0, 0.05) is 37.4 Å². The Morgan fingerprint density at radius 1 is 1.17 bits per heavy atom. The minimum absolute atomic E-state index is 0.0657. The summed E-state index contributed by atoms with van der Waals surface area (Å²) in [7, 11) is 0. The fourth-order valence-electron chi connectivity index (χ4n) is 4.61. The number of rotatable bonds is 3. The number of hydrogen-bond donors (Lipinski definition) is 2. The molecule has 0 aromatic heterocycles. The molecule has 2 unspecified atom stereocenters. The lowest BCUT2D eigenvalue weighted by molar-refractivity contribution is -0.152. The van der Waals surface area contributed by atoms with Crippen molar-refractivity contribution < 1.29 is 19.4 Å². The van der Waals surface area contributed by atoms with E-state index in [0.717, 1.165) is 25.7 Å². The third kappa shape index (κ3) is 2.34. The second-order valence-corrected chi connectivity index (χ2v) is 7.41. The van der Waals surface area contributed by atoms with E-state index in [9.17, 15) is 14.7 Å². The summed E-state index contributed by atoms with van der Waals surface area (Å²) >= 11 is 0. The molecule has 0 bridgehead atoms. The molecule has 2 atom stereocenters. The van der Waals surface area contributed by atoms with Gasteiger partial charge in [-0.1, -0.05) is 24.3 Å². The number of aliphatic carboxylic acids is 1. The maximum atomic E-state index is 12.9. The average molecular weight is 329 g/mol. The van der Waals surface area contributed by atoms with Crippen molar-refractivity contribution in [3.8, 4) is 0 Å². The number of benzene rings is 1. The van der Waals surface area contributed by atoms with Gasteiger partial charge in [0.2, 0.25) is 5.91 Å². The monoisotopic (exact) mass is 329 g/mol. The molecule has 128 valence electrons. The highest BCUT2D eigenvalue weighted by Crippen LogP contribution is 2.60. The lowest BCUT2D eigenvalue weighted by Crippen LogP contribution is -2.58. The number of aryl methyl sites for hydroxylation is 1. The Bertz CT molecular complexity index is 680. The fourth-order valence-corrected chi connectivity index (χ4v) is 4.61. The van der Waals surface area contributed by atoms with Gasteiger partial charge in [-0.2, -0.15) is 0 Å². The number of hydrogen-bond acceptors (Lipinski definition) is 3. The maximum Gasteiger partial charge on any atom is 0.329 e. The number of amides is 1. The standard InChI is InChI=1S/C19H23NO4/c21-16(20-19(17(22)23)8-10-24-11-9-19)15-12-18(15)7-3-5-13-4-1-2-6-14(13)18/h1-2,4,6,15H,3,5,7-12H2,(H,20,21)(H,22,23). The van der Waals surface area contributed by atoms with Crippen LogP contribution in [0.2, 0.25) is 0 Å². The van der Waals surface area contributed by atoms with Crippen LogP contribution in [0.25, 0.3) is 0 Å². The summed E-state index contributed by atoms with van der Waals surface area (Å²) in [5, 5.41) is 12.5. The van der Waals surface area contributed by atoms with Crippen molar-refractivity contribution >= 4 is 11.9 Å². The maximum absolute atomic E-state index is 12.9. The molecule has 2 fully saturated rings. The summed E-state index contributed by atoms with van der Waals surface area (Å²) in [6, 6.07) is 8.39. The molecule has 5 nitrogen and oxygen atoms in total. The zero-order chi connectivity index (χ0) is 16.8. The van der Waals surface area contributed by atoms with Gasteiger partial charge in [-0.25, -0.2) is 4.79 Å². The van der Waals surface area contributed by atoms with Crippen molar-refractivity contribution in [3.63, 3.8) is 0 Å². The van der Waals surface area contributed by atoms with Gasteiger partial charge in [0.25, 0.3) is 0 Å². The fraction of sp³-hybridized carbons (Fsp3) is 0.579. The first-order valence-electron chi connectivity index (χ1n) is 8.79. The number of fused-ring (bicyclic) bond motifs is 2. The van der Waals surface area contributed by atoms with Gasteiger partial charge in [0.15, 0.2) is 0 Å². The highest BCUT2D eigenvalue weighted by Gasteiger charge is 2.61. The van der Waals surface area contributed by atoms with E-state index >= 15 is 0 Å². The largest absolute Gasteiger partial charge is 0.480 e. The Balaban J connectivity index is 1.54. The van der Waals surface area contributed by atoms with E-state index in [0.29, 0.717) is 26.1 Å². The summed E-state index contributed by atoms with van der Waals surface area (Å²) in [6.45, 7) is 0.760. The van der Waals surface area contributed by atoms with Crippen LogP contribution in [-0.2, 0) is 26.2 Å². The first-order chi connectivity index (χ1) is 11.6. The van der Waals surface area contributed by atoms with Gasteiger partial charge in [0.1, 0.15) is 5.54 Å². The molecule has 1 aromatic carbocycles. The second-order valence-electron chi connectivity index (χ2n) is 7.41. The van der Waals surface area contributed by atoms with Gasteiger partial charge < -0.3 is 15.2 Å². The Morgan fingerprint density at radius 3 is 2.67 bits per heavy atom.